The number of cyclic esters (lactones) is 1. The smallest absolute Gasteiger partial charge is 0.410 e. The lowest BCUT2D eigenvalue weighted by Crippen LogP contribution is -2.36. The number of ether oxygens (including phenoxy) is 1. The van der Waals surface area contributed by atoms with Crippen molar-refractivity contribution in [2.45, 2.75) is 45.8 Å². The number of carbonyl (C=O) groups is 2. The number of nitrogens with zero attached hydrogens (tertiary/aromatic N) is 1. The van der Waals surface area contributed by atoms with Crippen LogP contribution in [0.3, 0.4) is 0 Å². The van der Waals surface area contributed by atoms with E-state index in [9.17, 15) is 9.59 Å². The minimum absolute atomic E-state index is 0.0118. The summed E-state index contributed by atoms with van der Waals surface area (Å²) in [6.45, 7) is 6.86. The predicted molar refractivity (Wildman–Crippen MR) is 84.6 cm³/mol. The van der Waals surface area contributed by atoms with Gasteiger partial charge in [0.1, 0.15) is 6.10 Å². The first-order valence-electron chi connectivity index (χ1n) is 7.76. The SMILES string of the molecule is Cc1ccccc1CCC(=O)NCC1CN(C(C)C)C(=O)O1. The molecule has 1 aliphatic heterocycles. The van der Waals surface area contributed by atoms with Crippen LogP contribution in [-0.2, 0) is 16.0 Å². The van der Waals surface area contributed by atoms with Crippen molar-refractivity contribution in [3.8, 4) is 0 Å². The summed E-state index contributed by atoms with van der Waals surface area (Å²) in [5.74, 6) is -0.0118. The fraction of sp³-hybridized carbons (Fsp3) is 0.529. The van der Waals surface area contributed by atoms with Crippen LogP contribution in [0, 0.1) is 6.92 Å². The molecule has 1 unspecified atom stereocenters. The Balaban J connectivity index is 1.73. The van der Waals surface area contributed by atoms with E-state index in [-0.39, 0.29) is 24.1 Å². The standard InChI is InChI=1S/C17H24N2O3/c1-12(2)19-11-15(22-17(19)21)10-18-16(20)9-8-14-7-5-4-6-13(14)3/h4-7,12,15H,8-11H2,1-3H3,(H,18,20). The molecule has 0 radical (unpaired) electrons. The topological polar surface area (TPSA) is 58.6 Å². The summed E-state index contributed by atoms with van der Waals surface area (Å²) in [7, 11) is 0. The van der Waals surface area contributed by atoms with Crippen LogP contribution in [0.4, 0.5) is 4.79 Å². The Kier molecular flexibility index (Phi) is 5.41. The van der Waals surface area contributed by atoms with Gasteiger partial charge < -0.3 is 15.0 Å². The summed E-state index contributed by atoms with van der Waals surface area (Å²) >= 11 is 0. The summed E-state index contributed by atoms with van der Waals surface area (Å²) < 4.78 is 5.24. The number of aryl methyl sites for hydroxylation is 2. The quantitative estimate of drug-likeness (QED) is 0.877. The van der Waals surface area contributed by atoms with Gasteiger partial charge in [0.05, 0.1) is 13.1 Å². The Morgan fingerprint density at radius 3 is 2.77 bits per heavy atom. The number of nitrogens with one attached hydrogen (secondary N) is 1. The van der Waals surface area contributed by atoms with Crippen molar-refractivity contribution in [1.29, 1.82) is 0 Å². The summed E-state index contributed by atoms with van der Waals surface area (Å²) in [5, 5.41) is 2.85. The van der Waals surface area contributed by atoms with E-state index < -0.39 is 0 Å². The number of benzene rings is 1. The van der Waals surface area contributed by atoms with E-state index in [4.69, 9.17) is 4.74 Å². The Bertz CT molecular complexity index is 542. The summed E-state index contributed by atoms with van der Waals surface area (Å²) in [4.78, 5) is 25.2. The molecule has 1 atom stereocenters. The van der Waals surface area contributed by atoms with Crippen molar-refractivity contribution in [2.24, 2.45) is 0 Å². The second kappa shape index (κ2) is 7.29. The molecule has 120 valence electrons. The molecule has 0 spiro atoms. The minimum atomic E-state index is -0.297. The first-order chi connectivity index (χ1) is 10.5. The van der Waals surface area contributed by atoms with Gasteiger partial charge in [0.2, 0.25) is 5.91 Å². The van der Waals surface area contributed by atoms with Crippen LogP contribution in [0.5, 0.6) is 0 Å². The highest BCUT2D eigenvalue weighted by Crippen LogP contribution is 2.14. The Hall–Kier alpha value is -2.04. The van der Waals surface area contributed by atoms with E-state index >= 15 is 0 Å². The predicted octanol–water partition coefficient (Wildman–Crippen LogP) is 2.27. The molecule has 0 aliphatic carbocycles. The van der Waals surface area contributed by atoms with Crippen molar-refractivity contribution in [1.82, 2.24) is 10.2 Å². The zero-order valence-corrected chi connectivity index (χ0v) is 13.5. The van der Waals surface area contributed by atoms with Crippen LogP contribution in [0.1, 0.15) is 31.4 Å². The van der Waals surface area contributed by atoms with Gasteiger partial charge in [-0.05, 0) is 38.3 Å². The number of rotatable bonds is 6. The van der Waals surface area contributed by atoms with Crippen LogP contribution in [0.15, 0.2) is 24.3 Å². The number of carbonyl (C=O) groups excluding carboxylic acids is 2. The summed E-state index contributed by atoms with van der Waals surface area (Å²) in [6.07, 6.45) is 0.618. The van der Waals surface area contributed by atoms with Crippen molar-refractivity contribution < 1.29 is 14.3 Å². The van der Waals surface area contributed by atoms with Crippen molar-refractivity contribution in [3.63, 3.8) is 0 Å². The Morgan fingerprint density at radius 2 is 2.14 bits per heavy atom. The van der Waals surface area contributed by atoms with Crippen LogP contribution in [0.25, 0.3) is 0 Å². The van der Waals surface area contributed by atoms with Gasteiger partial charge in [-0.15, -0.1) is 0 Å². The molecule has 0 saturated carbocycles. The molecule has 22 heavy (non-hydrogen) atoms. The molecule has 2 amide bonds. The monoisotopic (exact) mass is 304 g/mol. The van der Waals surface area contributed by atoms with E-state index in [1.54, 1.807) is 4.90 Å². The lowest BCUT2D eigenvalue weighted by Gasteiger charge is -2.16. The lowest BCUT2D eigenvalue weighted by molar-refractivity contribution is -0.121. The summed E-state index contributed by atoms with van der Waals surface area (Å²) in [5.41, 5.74) is 2.39. The molecule has 1 fully saturated rings. The average molecular weight is 304 g/mol. The average Bonchev–Trinajstić information content (AvgIpc) is 2.85. The van der Waals surface area contributed by atoms with Crippen molar-refractivity contribution in [2.75, 3.05) is 13.1 Å². The van der Waals surface area contributed by atoms with E-state index in [2.05, 4.69) is 5.32 Å². The van der Waals surface area contributed by atoms with Gasteiger partial charge >= 0.3 is 6.09 Å². The third-order valence-corrected chi connectivity index (χ3v) is 3.94. The molecule has 5 nitrogen and oxygen atoms in total. The zero-order valence-electron chi connectivity index (χ0n) is 13.5. The lowest BCUT2D eigenvalue weighted by atomic mass is 10.0. The number of amides is 2. The third kappa shape index (κ3) is 4.23. The molecule has 1 aromatic rings. The van der Waals surface area contributed by atoms with Gasteiger partial charge in [-0.1, -0.05) is 24.3 Å². The fourth-order valence-electron chi connectivity index (χ4n) is 2.52. The van der Waals surface area contributed by atoms with Gasteiger partial charge in [0, 0.05) is 12.5 Å². The summed E-state index contributed by atoms with van der Waals surface area (Å²) in [6, 6.07) is 8.19. The van der Waals surface area contributed by atoms with E-state index in [1.165, 1.54) is 11.1 Å². The zero-order chi connectivity index (χ0) is 16.1. The second-order valence-corrected chi connectivity index (χ2v) is 5.98. The molecule has 1 saturated heterocycles. The van der Waals surface area contributed by atoms with Crippen molar-refractivity contribution in [3.05, 3.63) is 35.4 Å². The first-order valence-corrected chi connectivity index (χ1v) is 7.76. The largest absolute Gasteiger partial charge is 0.442 e. The molecular weight excluding hydrogens is 280 g/mol. The minimum Gasteiger partial charge on any atom is -0.442 e. The number of hydrogen-bond acceptors (Lipinski definition) is 3. The molecule has 1 aromatic carbocycles. The molecular formula is C17H24N2O3. The van der Waals surface area contributed by atoms with Gasteiger partial charge in [-0.3, -0.25) is 4.79 Å². The normalized spacial score (nSPS) is 17.7. The Morgan fingerprint density at radius 1 is 1.41 bits per heavy atom. The van der Waals surface area contributed by atoms with Gasteiger partial charge in [0.15, 0.2) is 0 Å². The van der Waals surface area contributed by atoms with Gasteiger partial charge in [-0.25, -0.2) is 4.79 Å². The molecule has 1 N–H and O–H groups in total. The van der Waals surface area contributed by atoms with E-state index in [0.29, 0.717) is 19.5 Å². The highest BCUT2D eigenvalue weighted by Gasteiger charge is 2.32. The Labute approximate surface area is 131 Å². The van der Waals surface area contributed by atoms with Crippen LogP contribution >= 0.6 is 0 Å². The maximum atomic E-state index is 11.9. The van der Waals surface area contributed by atoms with Crippen LogP contribution < -0.4 is 5.32 Å². The molecule has 0 bridgehead atoms. The molecule has 1 heterocycles. The van der Waals surface area contributed by atoms with E-state index in [1.807, 2.05) is 45.0 Å². The van der Waals surface area contributed by atoms with Gasteiger partial charge in [-0.2, -0.15) is 0 Å². The highest BCUT2D eigenvalue weighted by atomic mass is 16.6. The first kappa shape index (κ1) is 16.3. The van der Waals surface area contributed by atoms with Crippen LogP contribution in [0.2, 0.25) is 0 Å². The highest BCUT2D eigenvalue weighted by molar-refractivity contribution is 5.76. The van der Waals surface area contributed by atoms with E-state index in [0.717, 1.165) is 6.42 Å². The molecule has 2 rings (SSSR count). The number of hydrogen-bond donors (Lipinski definition) is 1. The fourth-order valence-corrected chi connectivity index (χ4v) is 2.52. The third-order valence-electron chi connectivity index (χ3n) is 3.94. The maximum Gasteiger partial charge on any atom is 0.410 e. The van der Waals surface area contributed by atoms with Crippen LogP contribution in [-0.4, -0.2) is 42.1 Å². The van der Waals surface area contributed by atoms with Crippen molar-refractivity contribution >= 4 is 12.0 Å². The maximum absolute atomic E-state index is 11.9. The molecule has 1 aliphatic rings. The molecule has 5 heteroatoms. The van der Waals surface area contributed by atoms with Gasteiger partial charge in [0.25, 0.3) is 0 Å². The second-order valence-electron chi connectivity index (χ2n) is 5.98. The molecule has 0 aromatic heterocycles.